The van der Waals surface area contributed by atoms with Gasteiger partial charge < -0.3 is 5.32 Å². The summed E-state index contributed by atoms with van der Waals surface area (Å²) in [6, 6.07) is 7.01. The molecule has 0 radical (unpaired) electrons. The van der Waals surface area contributed by atoms with Crippen LogP contribution in [0.15, 0.2) is 41.3 Å². The number of amides is 1. The van der Waals surface area contributed by atoms with Crippen LogP contribution >= 0.6 is 0 Å². The molecule has 0 heterocycles. The molecule has 2 aromatic rings. The highest BCUT2D eigenvalue weighted by atomic mass is 32.2. The third kappa shape index (κ3) is 5.12. The van der Waals surface area contributed by atoms with Crippen molar-refractivity contribution in [1.82, 2.24) is 4.72 Å². The topological polar surface area (TPSA) is 162 Å². The lowest BCUT2D eigenvalue weighted by molar-refractivity contribution is -0.394. The van der Waals surface area contributed by atoms with Crippen molar-refractivity contribution in [3.8, 4) is 0 Å². The van der Waals surface area contributed by atoms with Gasteiger partial charge in [0, 0.05) is 23.9 Å². The number of nitro groups is 2. The third-order valence-corrected chi connectivity index (χ3v) is 5.46. The van der Waals surface area contributed by atoms with Crippen molar-refractivity contribution in [3.63, 3.8) is 0 Å². The van der Waals surface area contributed by atoms with Gasteiger partial charge in [-0.15, -0.1) is 0 Å². The van der Waals surface area contributed by atoms with Crippen LogP contribution < -0.4 is 10.0 Å². The van der Waals surface area contributed by atoms with Gasteiger partial charge in [-0.25, -0.2) is 13.1 Å². The van der Waals surface area contributed by atoms with Crippen molar-refractivity contribution >= 4 is 33.0 Å². The SMILES string of the molecule is CCCNS(=O)(=O)c1ccc(NC(=O)c2cc([N+](=O)[O-])cc([N+](=O)[O-])c2C)cc1. The van der Waals surface area contributed by atoms with Gasteiger partial charge in [0.1, 0.15) is 0 Å². The smallest absolute Gasteiger partial charge is 0.279 e. The van der Waals surface area contributed by atoms with Crippen molar-refractivity contribution in [3.05, 3.63) is 67.8 Å². The number of hydrogen-bond donors (Lipinski definition) is 2. The van der Waals surface area contributed by atoms with Gasteiger partial charge in [-0.1, -0.05) is 6.92 Å². The van der Waals surface area contributed by atoms with E-state index in [9.17, 15) is 33.4 Å². The summed E-state index contributed by atoms with van der Waals surface area (Å²) in [6.07, 6.45) is 0.627. The summed E-state index contributed by atoms with van der Waals surface area (Å²) in [5.74, 6) is -0.797. The molecule has 0 aliphatic heterocycles. The maximum Gasteiger partial charge on any atom is 0.279 e. The number of nitrogens with zero attached hydrogens (tertiary/aromatic N) is 2. The van der Waals surface area contributed by atoms with Crippen LogP contribution in [0.25, 0.3) is 0 Å². The van der Waals surface area contributed by atoms with Gasteiger partial charge in [-0.3, -0.25) is 25.0 Å². The Bertz CT molecular complexity index is 1070. The average molecular weight is 422 g/mol. The van der Waals surface area contributed by atoms with Crippen LogP contribution in [-0.2, 0) is 10.0 Å². The normalized spacial score (nSPS) is 11.1. The second-order valence-corrected chi connectivity index (χ2v) is 7.79. The van der Waals surface area contributed by atoms with Gasteiger partial charge in [0.05, 0.1) is 26.4 Å². The number of nitrogens with one attached hydrogen (secondary N) is 2. The lowest BCUT2D eigenvalue weighted by Crippen LogP contribution is -2.24. The molecule has 12 heteroatoms. The van der Waals surface area contributed by atoms with E-state index < -0.39 is 37.2 Å². The van der Waals surface area contributed by atoms with Crippen molar-refractivity contribution in [2.45, 2.75) is 25.2 Å². The summed E-state index contributed by atoms with van der Waals surface area (Å²) >= 11 is 0. The highest BCUT2D eigenvalue weighted by Gasteiger charge is 2.25. The molecule has 0 spiro atoms. The second kappa shape index (κ2) is 8.75. The number of anilines is 1. The van der Waals surface area contributed by atoms with Gasteiger partial charge >= 0.3 is 0 Å². The highest BCUT2D eigenvalue weighted by molar-refractivity contribution is 7.89. The Morgan fingerprint density at radius 3 is 2.21 bits per heavy atom. The summed E-state index contributed by atoms with van der Waals surface area (Å²) in [7, 11) is -3.67. The maximum absolute atomic E-state index is 12.5. The van der Waals surface area contributed by atoms with Crippen molar-refractivity contribution in [2.75, 3.05) is 11.9 Å². The minimum absolute atomic E-state index is 0.00566. The van der Waals surface area contributed by atoms with E-state index in [1.165, 1.54) is 31.2 Å². The van der Waals surface area contributed by atoms with Crippen molar-refractivity contribution in [2.24, 2.45) is 0 Å². The number of sulfonamides is 1. The largest absolute Gasteiger partial charge is 0.322 e. The van der Waals surface area contributed by atoms with Gasteiger partial charge in [-0.05, 0) is 37.6 Å². The minimum atomic E-state index is -3.67. The first-order valence-corrected chi connectivity index (χ1v) is 9.89. The number of rotatable bonds is 8. The van der Waals surface area contributed by atoms with E-state index in [0.29, 0.717) is 6.42 Å². The Labute approximate surface area is 166 Å². The molecule has 2 aromatic carbocycles. The lowest BCUT2D eigenvalue weighted by atomic mass is 10.0. The molecule has 0 aliphatic rings. The first-order chi connectivity index (χ1) is 13.6. The Balaban J connectivity index is 2.31. The van der Waals surface area contributed by atoms with Gasteiger partial charge in [-0.2, -0.15) is 0 Å². The van der Waals surface area contributed by atoms with E-state index in [1.54, 1.807) is 0 Å². The fourth-order valence-corrected chi connectivity index (χ4v) is 3.58. The standard InChI is InChI=1S/C17H18N4O7S/c1-3-8-18-29(27,28)14-6-4-12(5-7-14)19-17(22)15-9-13(20(23)24)10-16(11(15)2)21(25)26/h4-7,9-10,18H,3,8H2,1-2H3,(H,19,22). The lowest BCUT2D eigenvalue weighted by Gasteiger charge is -2.10. The maximum atomic E-state index is 12.5. The second-order valence-electron chi connectivity index (χ2n) is 6.03. The molecule has 0 fully saturated rings. The molecular weight excluding hydrogens is 404 g/mol. The average Bonchev–Trinajstić information content (AvgIpc) is 2.66. The molecule has 11 nitrogen and oxygen atoms in total. The Hall–Kier alpha value is -3.38. The van der Waals surface area contributed by atoms with Crippen LogP contribution in [0, 0.1) is 27.2 Å². The Kier molecular flexibility index (Phi) is 6.61. The van der Waals surface area contributed by atoms with E-state index in [0.717, 1.165) is 12.1 Å². The molecule has 0 saturated carbocycles. The zero-order valence-corrected chi connectivity index (χ0v) is 16.4. The van der Waals surface area contributed by atoms with E-state index in [-0.39, 0.29) is 28.3 Å². The number of non-ortho nitro benzene ring substituents is 1. The van der Waals surface area contributed by atoms with Gasteiger partial charge in [0.2, 0.25) is 10.0 Å². The quantitative estimate of drug-likeness (QED) is 0.488. The van der Waals surface area contributed by atoms with E-state index in [2.05, 4.69) is 10.0 Å². The fourth-order valence-electron chi connectivity index (χ4n) is 2.45. The summed E-state index contributed by atoms with van der Waals surface area (Å²) in [6.45, 7) is 3.42. The monoisotopic (exact) mass is 422 g/mol. The van der Waals surface area contributed by atoms with Crippen molar-refractivity contribution in [1.29, 1.82) is 0 Å². The van der Waals surface area contributed by atoms with Gasteiger partial charge in [0.15, 0.2) is 0 Å². The summed E-state index contributed by atoms with van der Waals surface area (Å²) < 4.78 is 26.5. The van der Waals surface area contributed by atoms with Crippen LogP contribution in [0.4, 0.5) is 17.1 Å². The molecule has 154 valence electrons. The zero-order chi connectivity index (χ0) is 21.8. The molecule has 29 heavy (non-hydrogen) atoms. The van der Waals surface area contributed by atoms with E-state index in [1.807, 2.05) is 6.92 Å². The van der Waals surface area contributed by atoms with Crippen LogP contribution in [0.1, 0.15) is 29.3 Å². The molecule has 2 N–H and O–H groups in total. The molecule has 0 bridgehead atoms. The molecule has 1 amide bonds. The number of hydrogen-bond acceptors (Lipinski definition) is 7. The predicted octanol–water partition coefficient (Wildman–Crippen LogP) is 2.75. The molecule has 0 atom stereocenters. The number of carbonyl (C=O) groups excluding carboxylic acids is 1. The molecule has 0 aliphatic carbocycles. The highest BCUT2D eigenvalue weighted by Crippen LogP contribution is 2.28. The minimum Gasteiger partial charge on any atom is -0.322 e. The number of carbonyl (C=O) groups is 1. The Morgan fingerprint density at radius 2 is 1.69 bits per heavy atom. The Morgan fingerprint density at radius 1 is 1.07 bits per heavy atom. The fraction of sp³-hybridized carbons (Fsp3) is 0.235. The first kappa shape index (κ1) is 21.9. The molecule has 0 unspecified atom stereocenters. The molecule has 0 aromatic heterocycles. The summed E-state index contributed by atoms with van der Waals surface area (Å²) in [4.78, 5) is 33.0. The first-order valence-electron chi connectivity index (χ1n) is 8.41. The van der Waals surface area contributed by atoms with Crippen LogP contribution in [0.5, 0.6) is 0 Å². The van der Waals surface area contributed by atoms with Crippen LogP contribution in [-0.4, -0.2) is 30.7 Å². The molecular formula is C17H18N4O7S. The third-order valence-electron chi connectivity index (χ3n) is 3.98. The number of benzene rings is 2. The van der Waals surface area contributed by atoms with Crippen molar-refractivity contribution < 1.29 is 23.1 Å². The van der Waals surface area contributed by atoms with Gasteiger partial charge in [0.25, 0.3) is 17.3 Å². The van der Waals surface area contributed by atoms with E-state index >= 15 is 0 Å². The number of nitro benzene ring substituents is 2. The summed E-state index contributed by atoms with van der Waals surface area (Å²) in [5.41, 5.74) is -1.17. The zero-order valence-electron chi connectivity index (χ0n) is 15.5. The molecule has 2 rings (SSSR count). The summed E-state index contributed by atoms with van der Waals surface area (Å²) in [5, 5.41) is 24.6. The van der Waals surface area contributed by atoms with Crippen LogP contribution in [0.2, 0.25) is 0 Å². The molecule has 0 saturated heterocycles. The van der Waals surface area contributed by atoms with Crippen LogP contribution in [0.3, 0.4) is 0 Å². The predicted molar refractivity (Wildman–Crippen MR) is 104 cm³/mol. The van der Waals surface area contributed by atoms with E-state index in [4.69, 9.17) is 0 Å².